The Kier molecular flexibility index (Phi) is 5.82. The molecule has 0 heterocycles. The Morgan fingerprint density at radius 2 is 2.10 bits per heavy atom. The smallest absolute Gasteiger partial charge is 0.406 e. The van der Waals surface area contributed by atoms with E-state index in [4.69, 9.17) is 9.84 Å². The second-order valence-electron chi connectivity index (χ2n) is 3.91. The molecule has 0 atom stereocenters. The van der Waals surface area contributed by atoms with Crippen molar-refractivity contribution in [3.8, 4) is 5.75 Å². The molecule has 1 aromatic rings. The molecule has 0 unspecified atom stereocenters. The van der Waals surface area contributed by atoms with Gasteiger partial charge in [0.05, 0.1) is 19.3 Å². The molecule has 0 aliphatic rings. The van der Waals surface area contributed by atoms with Crippen LogP contribution in [-0.2, 0) is 0 Å². The first-order valence-corrected chi connectivity index (χ1v) is 6.38. The van der Waals surface area contributed by atoms with Crippen molar-refractivity contribution in [3.63, 3.8) is 0 Å². The predicted molar refractivity (Wildman–Crippen MR) is 69.7 cm³/mol. The predicted octanol–water partition coefficient (Wildman–Crippen LogP) is 2.45. The molecule has 1 rings (SSSR count). The highest BCUT2D eigenvalue weighted by Gasteiger charge is 2.33. The average Bonchev–Trinajstić information content (AvgIpc) is 2.36. The molecule has 0 aliphatic heterocycles. The molecule has 0 aromatic heterocycles. The van der Waals surface area contributed by atoms with Crippen LogP contribution < -0.4 is 4.74 Å². The Bertz CT molecular complexity index is 480. The zero-order valence-corrected chi connectivity index (χ0v) is 12.2. The Morgan fingerprint density at radius 1 is 1.45 bits per heavy atom. The topological polar surface area (TPSA) is 49.8 Å². The standard InChI is InChI=1S/C12H13BrF3NO3/c1-20-8-2-3-10(13)9(6-8)11(19)17(4-5-18)7-12(14,15)16/h2-3,6,18H,4-5,7H2,1H3. The lowest BCUT2D eigenvalue weighted by Crippen LogP contribution is -2.40. The van der Waals surface area contributed by atoms with Crippen LogP contribution in [0.3, 0.4) is 0 Å². The minimum absolute atomic E-state index is 0.0436. The SMILES string of the molecule is COc1ccc(Br)c(C(=O)N(CCO)CC(F)(F)F)c1. The Balaban J connectivity index is 3.05. The second-order valence-corrected chi connectivity index (χ2v) is 4.77. The number of halogens is 4. The largest absolute Gasteiger partial charge is 0.497 e. The average molecular weight is 356 g/mol. The zero-order chi connectivity index (χ0) is 15.3. The molecule has 1 amide bonds. The summed E-state index contributed by atoms with van der Waals surface area (Å²) in [5.41, 5.74) is 0.0436. The van der Waals surface area contributed by atoms with E-state index in [-0.39, 0.29) is 5.56 Å². The maximum atomic E-state index is 12.4. The highest BCUT2D eigenvalue weighted by Crippen LogP contribution is 2.25. The van der Waals surface area contributed by atoms with Crippen LogP contribution in [0.25, 0.3) is 0 Å². The molecule has 0 spiro atoms. The van der Waals surface area contributed by atoms with Crippen molar-refractivity contribution in [2.24, 2.45) is 0 Å². The number of hydrogen-bond acceptors (Lipinski definition) is 3. The summed E-state index contributed by atoms with van der Waals surface area (Å²) in [6, 6.07) is 4.42. The van der Waals surface area contributed by atoms with E-state index in [9.17, 15) is 18.0 Å². The molecule has 4 nitrogen and oxygen atoms in total. The minimum Gasteiger partial charge on any atom is -0.497 e. The summed E-state index contributed by atoms with van der Waals surface area (Å²) >= 11 is 3.11. The number of methoxy groups -OCH3 is 1. The van der Waals surface area contributed by atoms with Crippen LogP contribution in [0.5, 0.6) is 5.75 Å². The van der Waals surface area contributed by atoms with Crippen molar-refractivity contribution in [1.82, 2.24) is 4.90 Å². The van der Waals surface area contributed by atoms with Gasteiger partial charge in [0.1, 0.15) is 12.3 Å². The highest BCUT2D eigenvalue weighted by molar-refractivity contribution is 9.10. The fraction of sp³-hybridized carbons (Fsp3) is 0.417. The molecule has 0 radical (unpaired) electrons. The van der Waals surface area contributed by atoms with Crippen LogP contribution in [0, 0.1) is 0 Å². The molecule has 8 heteroatoms. The molecule has 1 aromatic carbocycles. The maximum Gasteiger partial charge on any atom is 0.406 e. The van der Waals surface area contributed by atoms with Crippen LogP contribution in [0.1, 0.15) is 10.4 Å². The van der Waals surface area contributed by atoms with Gasteiger partial charge < -0.3 is 14.7 Å². The number of amides is 1. The van der Waals surface area contributed by atoms with Crippen molar-refractivity contribution in [1.29, 1.82) is 0 Å². The van der Waals surface area contributed by atoms with Crippen molar-refractivity contribution in [3.05, 3.63) is 28.2 Å². The second kappa shape index (κ2) is 6.94. The maximum absolute atomic E-state index is 12.4. The van der Waals surface area contributed by atoms with E-state index in [1.54, 1.807) is 6.07 Å². The first kappa shape index (κ1) is 16.8. The Labute approximate surface area is 122 Å². The van der Waals surface area contributed by atoms with Crippen molar-refractivity contribution in [2.75, 3.05) is 26.8 Å². The first-order chi connectivity index (χ1) is 9.28. The molecular formula is C12H13BrF3NO3. The van der Waals surface area contributed by atoms with Gasteiger partial charge in [0.2, 0.25) is 0 Å². The minimum atomic E-state index is -4.53. The van der Waals surface area contributed by atoms with Crippen molar-refractivity contribution >= 4 is 21.8 Å². The van der Waals surface area contributed by atoms with E-state index >= 15 is 0 Å². The van der Waals surface area contributed by atoms with Crippen LogP contribution in [0.15, 0.2) is 22.7 Å². The van der Waals surface area contributed by atoms with Gasteiger partial charge in [0.15, 0.2) is 0 Å². The number of rotatable bonds is 5. The van der Waals surface area contributed by atoms with Crippen molar-refractivity contribution < 1.29 is 27.8 Å². The molecule has 20 heavy (non-hydrogen) atoms. The van der Waals surface area contributed by atoms with Crippen molar-refractivity contribution in [2.45, 2.75) is 6.18 Å². The summed E-state index contributed by atoms with van der Waals surface area (Å²) in [6.45, 7) is -2.37. The summed E-state index contributed by atoms with van der Waals surface area (Å²) in [5, 5.41) is 8.80. The third kappa shape index (κ3) is 4.68. The van der Waals surface area contributed by atoms with Gasteiger partial charge in [0.25, 0.3) is 5.91 Å². The number of hydrogen-bond donors (Lipinski definition) is 1. The molecule has 0 saturated carbocycles. The van der Waals surface area contributed by atoms with E-state index in [0.717, 1.165) is 0 Å². The fourth-order valence-electron chi connectivity index (χ4n) is 1.56. The Morgan fingerprint density at radius 3 is 2.60 bits per heavy atom. The number of benzene rings is 1. The number of aliphatic hydroxyl groups is 1. The summed E-state index contributed by atoms with van der Waals surface area (Å²) in [5.74, 6) is -0.477. The number of carbonyl (C=O) groups excluding carboxylic acids is 1. The van der Waals surface area contributed by atoms with Gasteiger partial charge in [-0.2, -0.15) is 13.2 Å². The van der Waals surface area contributed by atoms with Gasteiger partial charge in [-0.1, -0.05) is 0 Å². The quantitative estimate of drug-likeness (QED) is 0.882. The highest BCUT2D eigenvalue weighted by atomic mass is 79.9. The Hall–Kier alpha value is -1.28. The molecule has 112 valence electrons. The van der Waals surface area contributed by atoms with Crippen LogP contribution >= 0.6 is 15.9 Å². The number of alkyl halides is 3. The molecule has 0 fully saturated rings. The summed E-state index contributed by atoms with van der Waals surface area (Å²) < 4.78 is 42.6. The third-order valence-electron chi connectivity index (χ3n) is 2.43. The molecular weight excluding hydrogens is 343 g/mol. The number of ether oxygens (including phenoxy) is 1. The van der Waals surface area contributed by atoms with Crippen LogP contribution in [0.4, 0.5) is 13.2 Å². The van der Waals surface area contributed by atoms with E-state index < -0.39 is 31.8 Å². The summed E-state index contributed by atoms with van der Waals surface area (Å²) in [6.07, 6.45) is -4.53. The summed E-state index contributed by atoms with van der Waals surface area (Å²) in [4.78, 5) is 12.7. The van der Waals surface area contributed by atoms with Gasteiger partial charge in [-0.3, -0.25) is 4.79 Å². The van der Waals surface area contributed by atoms with Gasteiger partial charge in [-0.05, 0) is 34.1 Å². The monoisotopic (exact) mass is 355 g/mol. The van der Waals surface area contributed by atoms with Crippen LogP contribution in [0.2, 0.25) is 0 Å². The molecule has 1 N–H and O–H groups in total. The van der Waals surface area contributed by atoms with E-state index in [2.05, 4.69) is 15.9 Å². The van der Waals surface area contributed by atoms with Gasteiger partial charge in [-0.25, -0.2) is 0 Å². The zero-order valence-electron chi connectivity index (χ0n) is 10.6. The van der Waals surface area contributed by atoms with E-state index in [0.29, 0.717) is 15.1 Å². The van der Waals surface area contributed by atoms with Crippen LogP contribution in [-0.4, -0.2) is 48.9 Å². The molecule has 0 aliphatic carbocycles. The molecule has 0 saturated heterocycles. The summed E-state index contributed by atoms with van der Waals surface area (Å²) in [7, 11) is 1.39. The normalized spacial score (nSPS) is 11.3. The van der Waals surface area contributed by atoms with E-state index in [1.807, 2.05) is 0 Å². The van der Waals surface area contributed by atoms with E-state index in [1.165, 1.54) is 19.2 Å². The lowest BCUT2D eigenvalue weighted by Gasteiger charge is -2.23. The number of nitrogens with zero attached hydrogens (tertiary/aromatic N) is 1. The lowest BCUT2D eigenvalue weighted by atomic mass is 10.2. The molecule has 0 bridgehead atoms. The lowest BCUT2D eigenvalue weighted by molar-refractivity contribution is -0.141. The van der Waals surface area contributed by atoms with Gasteiger partial charge in [0, 0.05) is 11.0 Å². The number of carbonyl (C=O) groups is 1. The van der Waals surface area contributed by atoms with Gasteiger partial charge >= 0.3 is 6.18 Å². The first-order valence-electron chi connectivity index (χ1n) is 5.59. The van der Waals surface area contributed by atoms with Gasteiger partial charge in [-0.15, -0.1) is 0 Å². The number of aliphatic hydroxyl groups excluding tert-OH is 1. The third-order valence-corrected chi connectivity index (χ3v) is 3.12. The fourth-order valence-corrected chi connectivity index (χ4v) is 1.97.